The highest BCUT2D eigenvalue weighted by Crippen LogP contribution is 2.39. The number of hydrogen-bond donors (Lipinski definition) is 1. The number of nitrogens with zero attached hydrogens (tertiary/aromatic N) is 2. The van der Waals surface area contributed by atoms with Gasteiger partial charge in [0, 0.05) is 24.8 Å². The fourth-order valence-corrected chi connectivity index (χ4v) is 4.69. The van der Waals surface area contributed by atoms with Gasteiger partial charge in [-0.15, -0.1) is 0 Å². The number of amides is 1. The Balaban J connectivity index is 1.60. The van der Waals surface area contributed by atoms with Crippen LogP contribution in [-0.4, -0.2) is 59.1 Å². The Hall–Kier alpha value is -2.34. The second-order valence-electron chi connectivity index (χ2n) is 8.91. The van der Waals surface area contributed by atoms with E-state index >= 15 is 0 Å². The molecule has 1 fully saturated rings. The van der Waals surface area contributed by atoms with Gasteiger partial charge in [-0.1, -0.05) is 17.3 Å². The first kappa shape index (κ1) is 22.3. The molecule has 30 heavy (non-hydrogen) atoms. The Kier molecular flexibility index (Phi) is 6.56. The summed E-state index contributed by atoms with van der Waals surface area (Å²) in [6.45, 7) is 8.57. The zero-order chi connectivity index (χ0) is 21.9. The van der Waals surface area contributed by atoms with Crippen molar-refractivity contribution in [3.05, 3.63) is 34.8 Å². The van der Waals surface area contributed by atoms with E-state index in [-0.39, 0.29) is 5.91 Å². The van der Waals surface area contributed by atoms with Gasteiger partial charge < -0.3 is 14.2 Å². The number of benzene rings is 1. The first-order valence-corrected chi connectivity index (χ1v) is 13.0. The van der Waals surface area contributed by atoms with E-state index in [1.807, 2.05) is 18.2 Å². The second-order valence-corrected chi connectivity index (χ2v) is 12.5. The van der Waals surface area contributed by atoms with Crippen LogP contribution in [0.2, 0.25) is 0 Å². The summed E-state index contributed by atoms with van der Waals surface area (Å²) in [6.07, 6.45) is 3.59. The average molecular weight is 435 g/mol. The predicted octanol–water partition coefficient (Wildman–Crippen LogP) is 3.44. The van der Waals surface area contributed by atoms with E-state index < -0.39 is 18.5 Å². The number of carbonyl (C=O) groups excluding carboxylic acids is 1. The monoisotopic (exact) mass is 435 g/mol. The Morgan fingerprint density at radius 3 is 2.63 bits per heavy atom. The molecule has 0 unspecified atom stereocenters. The first-order valence-electron chi connectivity index (χ1n) is 10.2. The van der Waals surface area contributed by atoms with Crippen molar-refractivity contribution in [3.8, 4) is 17.1 Å². The van der Waals surface area contributed by atoms with Crippen molar-refractivity contribution in [1.29, 1.82) is 0 Å². The van der Waals surface area contributed by atoms with Gasteiger partial charge in [0.25, 0.3) is 5.91 Å². The number of hydrogen-bond acceptors (Lipinski definition) is 6. The number of nitrogens with one attached hydrogen (secondary N) is 1. The maximum absolute atomic E-state index is 13.1. The van der Waals surface area contributed by atoms with E-state index in [1.165, 1.54) is 0 Å². The number of ether oxygens (including phenoxy) is 1. The molecule has 0 saturated carbocycles. The van der Waals surface area contributed by atoms with Crippen molar-refractivity contribution in [2.24, 2.45) is 5.92 Å². The second kappa shape index (κ2) is 8.80. The van der Waals surface area contributed by atoms with Crippen molar-refractivity contribution in [2.45, 2.75) is 38.7 Å². The Bertz CT molecular complexity index is 982. The quantitative estimate of drug-likeness (QED) is 0.668. The van der Waals surface area contributed by atoms with Crippen LogP contribution in [0.25, 0.3) is 11.4 Å². The molecule has 1 N–H and O–H groups in total. The molecule has 1 aromatic heterocycles. The average Bonchev–Trinajstić information content (AvgIpc) is 3.12. The fourth-order valence-electron chi connectivity index (χ4n) is 3.70. The SMILES string of the molecule is CC(C)(Oc1cccc(-c2noc(=O)[nH]2)c1)C(=O)N1CCC(CCP(C)(C)=O)CC1. The molecule has 0 atom stereocenters. The molecule has 1 aromatic carbocycles. The van der Waals surface area contributed by atoms with Gasteiger partial charge in [-0.25, -0.2) is 4.79 Å². The summed E-state index contributed by atoms with van der Waals surface area (Å²) in [5, 5.41) is 3.68. The number of rotatable bonds is 7. The van der Waals surface area contributed by atoms with Crippen LogP contribution in [0.4, 0.5) is 0 Å². The third-order valence-electron chi connectivity index (χ3n) is 5.41. The van der Waals surface area contributed by atoms with E-state index in [9.17, 15) is 14.2 Å². The van der Waals surface area contributed by atoms with Crippen LogP contribution in [-0.2, 0) is 9.36 Å². The Morgan fingerprint density at radius 2 is 2.03 bits per heavy atom. The van der Waals surface area contributed by atoms with Crippen molar-refractivity contribution >= 4 is 13.0 Å². The van der Waals surface area contributed by atoms with Crippen molar-refractivity contribution in [3.63, 3.8) is 0 Å². The number of H-pyrrole nitrogens is 1. The largest absolute Gasteiger partial charge is 0.478 e. The lowest BCUT2D eigenvalue weighted by molar-refractivity contribution is -0.147. The number of carbonyl (C=O) groups is 1. The molecule has 1 amide bonds. The lowest BCUT2D eigenvalue weighted by Gasteiger charge is -2.37. The highest BCUT2D eigenvalue weighted by molar-refractivity contribution is 7.62. The van der Waals surface area contributed by atoms with E-state index in [1.54, 1.807) is 38.1 Å². The highest BCUT2D eigenvalue weighted by atomic mass is 31.2. The lowest BCUT2D eigenvalue weighted by Crippen LogP contribution is -2.51. The Morgan fingerprint density at radius 1 is 1.33 bits per heavy atom. The van der Waals surface area contributed by atoms with E-state index in [0.717, 1.165) is 25.4 Å². The normalized spacial score (nSPS) is 15.9. The number of aromatic amines is 1. The minimum Gasteiger partial charge on any atom is -0.478 e. The van der Waals surface area contributed by atoms with Gasteiger partial charge in [0.1, 0.15) is 5.75 Å². The molecular formula is C21H30N3O5P. The molecule has 1 aliphatic heterocycles. The molecule has 0 radical (unpaired) electrons. The molecule has 8 nitrogen and oxygen atoms in total. The molecule has 1 saturated heterocycles. The standard InChI is InChI=1S/C21H30N3O5P/c1-21(2,19(25)24-11-8-15(9-12-24)10-13-30(3,4)27)28-17-7-5-6-16(14-17)18-22-20(26)29-23-18/h5-7,14-15H,8-13H2,1-4H3,(H,22,23,26). The summed E-state index contributed by atoms with van der Waals surface area (Å²) in [5.74, 6) is 0.646. The van der Waals surface area contributed by atoms with Gasteiger partial charge in [0.05, 0.1) is 7.14 Å². The zero-order valence-corrected chi connectivity index (χ0v) is 18.9. The van der Waals surface area contributed by atoms with Crippen LogP contribution < -0.4 is 10.5 Å². The van der Waals surface area contributed by atoms with Crippen molar-refractivity contribution in [1.82, 2.24) is 15.0 Å². The minimum absolute atomic E-state index is 0.0575. The molecule has 1 aliphatic rings. The molecule has 2 heterocycles. The first-order chi connectivity index (χ1) is 14.0. The maximum atomic E-state index is 13.1. The van der Waals surface area contributed by atoms with Crippen LogP contribution in [0.5, 0.6) is 5.75 Å². The third-order valence-corrected chi connectivity index (χ3v) is 6.75. The minimum atomic E-state index is -1.99. The van der Waals surface area contributed by atoms with Crippen LogP contribution >= 0.6 is 7.14 Å². The van der Waals surface area contributed by atoms with Gasteiger partial charge in [-0.2, -0.15) is 0 Å². The number of piperidine rings is 1. The van der Waals surface area contributed by atoms with Gasteiger partial charge in [0.15, 0.2) is 11.4 Å². The summed E-state index contributed by atoms with van der Waals surface area (Å²) in [7, 11) is -1.99. The molecule has 164 valence electrons. The number of aromatic nitrogens is 2. The van der Waals surface area contributed by atoms with Crippen LogP contribution in [0.1, 0.15) is 33.1 Å². The molecule has 0 bridgehead atoms. The summed E-state index contributed by atoms with van der Waals surface area (Å²) < 4.78 is 22.5. The van der Waals surface area contributed by atoms with Crippen LogP contribution in [0, 0.1) is 5.92 Å². The third kappa shape index (κ3) is 5.85. The highest BCUT2D eigenvalue weighted by Gasteiger charge is 2.36. The maximum Gasteiger partial charge on any atom is 0.439 e. The fraction of sp³-hybridized carbons (Fsp3) is 0.571. The van der Waals surface area contributed by atoms with Gasteiger partial charge >= 0.3 is 5.76 Å². The zero-order valence-electron chi connectivity index (χ0n) is 18.0. The van der Waals surface area contributed by atoms with E-state index in [0.29, 0.717) is 36.1 Å². The summed E-state index contributed by atoms with van der Waals surface area (Å²) in [6, 6.07) is 7.01. The summed E-state index contributed by atoms with van der Waals surface area (Å²) in [4.78, 5) is 28.6. The summed E-state index contributed by atoms with van der Waals surface area (Å²) >= 11 is 0. The number of likely N-dealkylation sites (tertiary alicyclic amines) is 1. The van der Waals surface area contributed by atoms with Crippen molar-refractivity contribution in [2.75, 3.05) is 32.6 Å². The van der Waals surface area contributed by atoms with Crippen LogP contribution in [0.3, 0.4) is 0 Å². The molecule has 2 aromatic rings. The van der Waals surface area contributed by atoms with E-state index in [4.69, 9.17) is 4.74 Å². The van der Waals surface area contributed by atoms with Crippen LogP contribution in [0.15, 0.2) is 33.6 Å². The topological polar surface area (TPSA) is 106 Å². The summed E-state index contributed by atoms with van der Waals surface area (Å²) in [5.41, 5.74) is -0.405. The van der Waals surface area contributed by atoms with E-state index in [2.05, 4.69) is 14.7 Å². The smallest absolute Gasteiger partial charge is 0.439 e. The molecule has 3 rings (SSSR count). The lowest BCUT2D eigenvalue weighted by atomic mass is 9.93. The van der Waals surface area contributed by atoms with Gasteiger partial charge in [-0.3, -0.25) is 14.3 Å². The predicted molar refractivity (Wildman–Crippen MR) is 116 cm³/mol. The molecular weight excluding hydrogens is 405 g/mol. The molecule has 0 spiro atoms. The molecule has 9 heteroatoms. The van der Waals surface area contributed by atoms with Gasteiger partial charge in [0.2, 0.25) is 0 Å². The van der Waals surface area contributed by atoms with Gasteiger partial charge in [-0.05, 0) is 64.5 Å². The van der Waals surface area contributed by atoms with Crippen molar-refractivity contribution < 1.29 is 18.6 Å². The Labute approximate surface area is 176 Å². The molecule has 0 aliphatic carbocycles.